The molecule has 11 heteroatoms. The molecule has 1 amide bonds. The molecule has 0 aliphatic heterocycles. The number of rotatable bonds is 9. The van der Waals surface area contributed by atoms with Gasteiger partial charge in [0.2, 0.25) is 0 Å². The molecular weight excluding hydrogens is 476 g/mol. The van der Waals surface area contributed by atoms with Crippen molar-refractivity contribution in [3.8, 4) is 5.69 Å². The molecule has 1 saturated carbocycles. The number of aliphatic hydroxyl groups excluding tert-OH is 2. The van der Waals surface area contributed by atoms with Crippen LogP contribution >= 0.6 is 11.6 Å². The fourth-order valence-electron chi connectivity index (χ4n) is 4.12. The Hall–Kier alpha value is -2.53. The molecule has 1 aromatic heterocycles. The maximum Gasteiger partial charge on any atom is 0.352 e. The molecule has 10 nitrogen and oxygen atoms in total. The Morgan fingerprint density at radius 3 is 2.54 bits per heavy atom. The lowest BCUT2D eigenvalue weighted by Gasteiger charge is -2.22. The van der Waals surface area contributed by atoms with E-state index in [4.69, 9.17) is 16.3 Å². The second kappa shape index (κ2) is 12.4. The van der Waals surface area contributed by atoms with Crippen LogP contribution in [-0.4, -0.2) is 55.5 Å². The molecule has 1 aliphatic rings. The lowest BCUT2D eigenvalue weighted by Crippen LogP contribution is -2.43. The van der Waals surface area contributed by atoms with Crippen molar-refractivity contribution in [3.63, 3.8) is 0 Å². The van der Waals surface area contributed by atoms with Crippen LogP contribution < -0.4 is 16.6 Å². The van der Waals surface area contributed by atoms with Crippen LogP contribution in [0.2, 0.25) is 5.02 Å². The molecule has 2 aromatic rings. The fourth-order valence-corrected chi connectivity index (χ4v) is 4.33. The SMILES string of the molecule is CC(C)OCC(O)Cn1c(=O)cnn(-c2ccc(Cl)c(C(=O)NC(O)C3CCCCCC3)c2)c1=O. The molecule has 0 bridgehead atoms. The van der Waals surface area contributed by atoms with Crippen molar-refractivity contribution < 1.29 is 19.7 Å². The fraction of sp³-hybridized carbons (Fsp3) is 0.583. The first-order valence-electron chi connectivity index (χ1n) is 11.9. The second-order valence-electron chi connectivity index (χ2n) is 9.16. The van der Waals surface area contributed by atoms with Gasteiger partial charge in [-0.2, -0.15) is 9.78 Å². The highest BCUT2D eigenvalue weighted by atomic mass is 35.5. The van der Waals surface area contributed by atoms with E-state index in [1.54, 1.807) is 0 Å². The average molecular weight is 509 g/mol. The van der Waals surface area contributed by atoms with E-state index < -0.39 is 29.5 Å². The third kappa shape index (κ3) is 7.23. The molecule has 1 heterocycles. The lowest BCUT2D eigenvalue weighted by atomic mass is 9.98. The highest BCUT2D eigenvalue weighted by molar-refractivity contribution is 6.33. The zero-order valence-corrected chi connectivity index (χ0v) is 20.8. The van der Waals surface area contributed by atoms with Gasteiger partial charge in [0, 0.05) is 5.92 Å². The minimum absolute atomic E-state index is 0.0256. The number of ether oxygens (including phenoxy) is 1. The van der Waals surface area contributed by atoms with E-state index in [0.717, 1.165) is 54.0 Å². The molecule has 0 saturated heterocycles. The predicted molar refractivity (Wildman–Crippen MR) is 131 cm³/mol. The molecule has 2 atom stereocenters. The second-order valence-corrected chi connectivity index (χ2v) is 9.56. The smallest absolute Gasteiger partial charge is 0.352 e. The summed E-state index contributed by atoms with van der Waals surface area (Å²) in [6, 6.07) is 4.31. The molecule has 2 unspecified atom stereocenters. The van der Waals surface area contributed by atoms with Crippen molar-refractivity contribution in [1.29, 1.82) is 0 Å². The third-order valence-electron chi connectivity index (χ3n) is 6.04. The lowest BCUT2D eigenvalue weighted by molar-refractivity contribution is -0.00170. The van der Waals surface area contributed by atoms with Gasteiger partial charge in [0.25, 0.3) is 11.5 Å². The minimum Gasteiger partial charge on any atom is -0.389 e. The number of hydrogen-bond donors (Lipinski definition) is 3. The Morgan fingerprint density at radius 1 is 1.20 bits per heavy atom. The maximum absolute atomic E-state index is 13.0. The van der Waals surface area contributed by atoms with Gasteiger partial charge in [-0.3, -0.25) is 14.2 Å². The Kier molecular flexibility index (Phi) is 9.62. The Labute approximate surface area is 208 Å². The first-order valence-corrected chi connectivity index (χ1v) is 12.3. The van der Waals surface area contributed by atoms with Gasteiger partial charge in [0.15, 0.2) is 0 Å². The zero-order valence-electron chi connectivity index (χ0n) is 20.0. The zero-order chi connectivity index (χ0) is 25.5. The number of aromatic nitrogens is 3. The standard InChI is InChI=1S/C24H33ClN4O6/c1-15(2)35-14-18(30)13-28-21(31)12-26-29(24(28)34)17-9-10-20(25)19(11-17)23(33)27-22(32)16-7-5-3-4-6-8-16/h9-12,15-16,18,22,30,32H,3-8,13-14H2,1-2H3,(H,27,33). The molecule has 3 N–H and O–H groups in total. The van der Waals surface area contributed by atoms with Crippen LogP contribution in [0.25, 0.3) is 5.69 Å². The summed E-state index contributed by atoms with van der Waals surface area (Å²) >= 11 is 6.25. The summed E-state index contributed by atoms with van der Waals surface area (Å²) in [5.41, 5.74) is -1.19. The highest BCUT2D eigenvalue weighted by Gasteiger charge is 2.24. The number of carbonyl (C=O) groups is 1. The number of nitrogens with one attached hydrogen (secondary N) is 1. The number of halogens is 1. The van der Waals surface area contributed by atoms with Crippen LogP contribution in [0.15, 0.2) is 34.0 Å². The number of carbonyl (C=O) groups excluding carboxylic acids is 1. The van der Waals surface area contributed by atoms with Gasteiger partial charge in [0.1, 0.15) is 12.4 Å². The average Bonchev–Trinajstić information content (AvgIpc) is 3.11. The molecule has 1 aromatic carbocycles. The quantitative estimate of drug-likeness (QED) is 0.347. The van der Waals surface area contributed by atoms with Crippen molar-refractivity contribution in [2.24, 2.45) is 5.92 Å². The third-order valence-corrected chi connectivity index (χ3v) is 6.37. The first-order chi connectivity index (χ1) is 16.7. The van der Waals surface area contributed by atoms with Gasteiger partial charge in [0.05, 0.1) is 41.6 Å². The minimum atomic E-state index is -1.07. The highest BCUT2D eigenvalue weighted by Crippen LogP contribution is 2.25. The van der Waals surface area contributed by atoms with Crippen molar-refractivity contribution in [3.05, 3.63) is 55.8 Å². The number of hydrogen-bond acceptors (Lipinski definition) is 7. The number of amides is 1. The summed E-state index contributed by atoms with van der Waals surface area (Å²) in [5.74, 6) is -0.599. The molecule has 1 aliphatic carbocycles. The van der Waals surface area contributed by atoms with E-state index in [9.17, 15) is 24.6 Å². The molecule has 35 heavy (non-hydrogen) atoms. The van der Waals surface area contributed by atoms with Crippen molar-refractivity contribution in [2.75, 3.05) is 6.61 Å². The van der Waals surface area contributed by atoms with Crippen LogP contribution in [0.3, 0.4) is 0 Å². The van der Waals surface area contributed by atoms with Gasteiger partial charge >= 0.3 is 5.69 Å². The summed E-state index contributed by atoms with van der Waals surface area (Å²) in [4.78, 5) is 38.1. The van der Waals surface area contributed by atoms with E-state index in [1.807, 2.05) is 13.8 Å². The van der Waals surface area contributed by atoms with Crippen LogP contribution in [-0.2, 0) is 11.3 Å². The largest absolute Gasteiger partial charge is 0.389 e. The molecular formula is C24H33ClN4O6. The summed E-state index contributed by atoms with van der Waals surface area (Å²) in [6.45, 7) is 3.30. The predicted octanol–water partition coefficient (Wildman–Crippen LogP) is 1.85. The topological polar surface area (TPSA) is 136 Å². The van der Waals surface area contributed by atoms with Crippen molar-refractivity contribution in [1.82, 2.24) is 19.7 Å². The van der Waals surface area contributed by atoms with E-state index in [2.05, 4.69) is 10.4 Å². The van der Waals surface area contributed by atoms with Crippen LogP contribution in [0.4, 0.5) is 0 Å². The van der Waals surface area contributed by atoms with Crippen molar-refractivity contribution >= 4 is 17.5 Å². The molecule has 3 rings (SSSR count). The molecule has 0 radical (unpaired) electrons. The molecule has 1 fully saturated rings. The Morgan fingerprint density at radius 2 is 1.89 bits per heavy atom. The van der Waals surface area contributed by atoms with Gasteiger partial charge in [-0.1, -0.05) is 37.3 Å². The van der Waals surface area contributed by atoms with Crippen molar-refractivity contribution in [2.45, 2.75) is 77.4 Å². The Balaban J connectivity index is 1.82. The summed E-state index contributed by atoms with van der Waals surface area (Å²) in [5, 5.41) is 27.4. The first kappa shape index (κ1) is 27.1. The number of aliphatic hydroxyl groups is 2. The normalized spacial score (nSPS) is 16.6. The van der Waals surface area contributed by atoms with Crippen LogP contribution in [0.5, 0.6) is 0 Å². The summed E-state index contributed by atoms with van der Waals surface area (Å²) in [6.07, 6.45) is 4.71. The van der Waals surface area contributed by atoms with Gasteiger partial charge in [-0.25, -0.2) is 4.79 Å². The van der Waals surface area contributed by atoms with Gasteiger partial charge in [-0.15, -0.1) is 0 Å². The number of benzene rings is 1. The van der Waals surface area contributed by atoms with E-state index in [0.29, 0.717) is 0 Å². The van der Waals surface area contributed by atoms with Crippen LogP contribution in [0, 0.1) is 5.92 Å². The van der Waals surface area contributed by atoms with E-state index in [1.165, 1.54) is 18.2 Å². The van der Waals surface area contributed by atoms with Gasteiger partial charge < -0.3 is 20.3 Å². The van der Waals surface area contributed by atoms with E-state index in [-0.39, 0.29) is 41.4 Å². The van der Waals surface area contributed by atoms with E-state index >= 15 is 0 Å². The molecule has 0 spiro atoms. The monoisotopic (exact) mass is 508 g/mol. The summed E-state index contributed by atoms with van der Waals surface area (Å²) < 4.78 is 7.14. The molecule has 192 valence electrons. The van der Waals surface area contributed by atoms with Gasteiger partial charge in [-0.05, 0) is 44.9 Å². The maximum atomic E-state index is 13.0. The van der Waals surface area contributed by atoms with Crippen LogP contribution in [0.1, 0.15) is 62.7 Å². The summed E-state index contributed by atoms with van der Waals surface area (Å²) in [7, 11) is 0. The number of nitrogens with zero attached hydrogens (tertiary/aromatic N) is 3. The Bertz CT molecular complexity index is 1120.